The van der Waals surface area contributed by atoms with Gasteiger partial charge in [-0.25, -0.2) is 0 Å². The van der Waals surface area contributed by atoms with Crippen LogP contribution in [0.2, 0.25) is 0 Å². The fourth-order valence-electron chi connectivity index (χ4n) is 2.22. The van der Waals surface area contributed by atoms with E-state index < -0.39 is 0 Å². The number of guanidine groups is 1. The predicted molar refractivity (Wildman–Crippen MR) is 66.3 cm³/mol. The molecule has 1 aliphatic carbocycles. The highest BCUT2D eigenvalue weighted by Gasteiger charge is 2.34. The topological polar surface area (TPSA) is 18.8 Å². The Bertz CT molecular complexity index is 212. The van der Waals surface area contributed by atoms with Crippen molar-refractivity contribution >= 4 is 5.96 Å². The molecule has 0 aromatic rings. The molecule has 0 atom stereocenters. The van der Waals surface area contributed by atoms with Crippen LogP contribution in [0, 0.1) is 5.41 Å². The Hall–Kier alpha value is -0.730. The van der Waals surface area contributed by atoms with E-state index in [0.717, 1.165) is 12.5 Å². The third-order valence-corrected chi connectivity index (χ3v) is 3.52. The Morgan fingerprint density at radius 1 is 1.13 bits per heavy atom. The monoisotopic (exact) mass is 211 g/mol. The number of aliphatic imine (C=N–C) groups is 1. The van der Waals surface area contributed by atoms with E-state index >= 15 is 0 Å². The highest BCUT2D eigenvalue weighted by Crippen LogP contribution is 2.43. The minimum absolute atomic E-state index is 0.525. The number of hydrogen-bond acceptors (Lipinski definition) is 1. The molecule has 1 aliphatic rings. The molecule has 0 aromatic heterocycles. The third kappa shape index (κ3) is 2.86. The van der Waals surface area contributed by atoms with E-state index in [1.54, 1.807) is 0 Å². The molecule has 0 N–H and O–H groups in total. The highest BCUT2D eigenvalue weighted by atomic mass is 15.3. The lowest BCUT2D eigenvalue weighted by Crippen LogP contribution is -2.38. The SMILES string of the molecule is CCC1(CN=C(N(C)C)N(C)C)CCC1. The molecule has 0 radical (unpaired) electrons. The summed E-state index contributed by atoms with van der Waals surface area (Å²) in [6.07, 6.45) is 5.38. The molecule has 0 bridgehead atoms. The standard InChI is InChI=1S/C12H25N3/c1-6-12(8-7-9-12)10-13-11(14(2)3)15(4)5/h6-10H2,1-5H3. The van der Waals surface area contributed by atoms with Gasteiger partial charge in [-0.05, 0) is 24.7 Å². The zero-order valence-electron chi connectivity index (χ0n) is 10.9. The summed E-state index contributed by atoms with van der Waals surface area (Å²) in [5.41, 5.74) is 0.525. The second-order valence-electron chi connectivity index (χ2n) is 5.11. The molecular weight excluding hydrogens is 186 g/mol. The van der Waals surface area contributed by atoms with Crippen LogP contribution < -0.4 is 0 Å². The van der Waals surface area contributed by atoms with E-state index in [9.17, 15) is 0 Å². The summed E-state index contributed by atoms with van der Waals surface area (Å²) in [4.78, 5) is 8.93. The largest absolute Gasteiger partial charge is 0.349 e. The van der Waals surface area contributed by atoms with Crippen LogP contribution in [0.4, 0.5) is 0 Å². The van der Waals surface area contributed by atoms with Gasteiger partial charge in [0.15, 0.2) is 5.96 Å². The van der Waals surface area contributed by atoms with E-state index in [1.807, 2.05) is 0 Å². The minimum atomic E-state index is 0.525. The first-order chi connectivity index (χ1) is 7.01. The predicted octanol–water partition coefficient (Wildman–Crippen LogP) is 2.05. The Balaban J connectivity index is 2.60. The molecule has 0 unspecified atom stereocenters. The van der Waals surface area contributed by atoms with E-state index in [1.165, 1.54) is 25.7 Å². The Labute approximate surface area is 94.2 Å². The van der Waals surface area contributed by atoms with Crippen LogP contribution in [0.15, 0.2) is 4.99 Å². The molecule has 15 heavy (non-hydrogen) atoms. The second-order valence-corrected chi connectivity index (χ2v) is 5.11. The van der Waals surface area contributed by atoms with Crippen molar-refractivity contribution < 1.29 is 0 Å². The van der Waals surface area contributed by atoms with Crippen LogP contribution in [0.3, 0.4) is 0 Å². The Morgan fingerprint density at radius 3 is 1.93 bits per heavy atom. The maximum atomic E-state index is 4.76. The van der Waals surface area contributed by atoms with Crippen molar-refractivity contribution in [3.05, 3.63) is 0 Å². The van der Waals surface area contributed by atoms with E-state index in [-0.39, 0.29) is 0 Å². The van der Waals surface area contributed by atoms with Crippen molar-refractivity contribution in [1.82, 2.24) is 9.80 Å². The van der Waals surface area contributed by atoms with Gasteiger partial charge in [0.05, 0.1) is 0 Å². The van der Waals surface area contributed by atoms with Gasteiger partial charge in [0.25, 0.3) is 0 Å². The molecule has 3 nitrogen and oxygen atoms in total. The van der Waals surface area contributed by atoms with Crippen molar-refractivity contribution in [2.24, 2.45) is 10.4 Å². The minimum Gasteiger partial charge on any atom is -0.349 e. The molecule has 0 heterocycles. The lowest BCUT2D eigenvalue weighted by atomic mass is 9.67. The molecule has 0 amide bonds. The average Bonchev–Trinajstić information content (AvgIpc) is 2.08. The quantitative estimate of drug-likeness (QED) is 0.525. The first kappa shape index (κ1) is 12.3. The molecule has 1 rings (SSSR count). The smallest absolute Gasteiger partial charge is 0.195 e. The molecule has 1 fully saturated rings. The average molecular weight is 211 g/mol. The van der Waals surface area contributed by atoms with Gasteiger partial charge in [0, 0.05) is 34.7 Å². The summed E-state index contributed by atoms with van der Waals surface area (Å²) in [5, 5.41) is 0. The highest BCUT2D eigenvalue weighted by molar-refractivity contribution is 5.79. The Morgan fingerprint density at radius 2 is 1.67 bits per heavy atom. The zero-order chi connectivity index (χ0) is 11.5. The van der Waals surface area contributed by atoms with Gasteiger partial charge in [-0.2, -0.15) is 0 Å². The summed E-state index contributed by atoms with van der Waals surface area (Å²) in [6, 6.07) is 0. The molecule has 1 saturated carbocycles. The van der Waals surface area contributed by atoms with Crippen LogP contribution in [-0.2, 0) is 0 Å². The fourth-order valence-corrected chi connectivity index (χ4v) is 2.22. The van der Waals surface area contributed by atoms with Crippen molar-refractivity contribution in [2.45, 2.75) is 32.6 Å². The molecular formula is C12H25N3. The molecule has 0 aliphatic heterocycles. The van der Waals surface area contributed by atoms with Gasteiger partial charge in [0.2, 0.25) is 0 Å². The van der Waals surface area contributed by atoms with Crippen molar-refractivity contribution in [1.29, 1.82) is 0 Å². The van der Waals surface area contributed by atoms with Crippen molar-refractivity contribution in [3.8, 4) is 0 Å². The molecule has 0 spiro atoms. The summed E-state index contributed by atoms with van der Waals surface area (Å²) < 4.78 is 0. The van der Waals surface area contributed by atoms with Crippen LogP contribution in [-0.4, -0.2) is 50.5 Å². The van der Waals surface area contributed by atoms with Crippen LogP contribution >= 0.6 is 0 Å². The van der Waals surface area contributed by atoms with Gasteiger partial charge in [-0.1, -0.05) is 13.3 Å². The first-order valence-corrected chi connectivity index (χ1v) is 5.90. The van der Waals surface area contributed by atoms with Crippen LogP contribution in [0.1, 0.15) is 32.6 Å². The van der Waals surface area contributed by atoms with Crippen molar-refractivity contribution in [2.75, 3.05) is 34.7 Å². The van der Waals surface area contributed by atoms with Gasteiger partial charge in [-0.15, -0.1) is 0 Å². The van der Waals surface area contributed by atoms with Crippen molar-refractivity contribution in [3.63, 3.8) is 0 Å². The fraction of sp³-hybridized carbons (Fsp3) is 0.917. The summed E-state index contributed by atoms with van der Waals surface area (Å²) in [7, 11) is 8.22. The molecule has 0 aromatic carbocycles. The second kappa shape index (κ2) is 4.86. The third-order valence-electron chi connectivity index (χ3n) is 3.52. The molecule has 0 saturated heterocycles. The maximum Gasteiger partial charge on any atom is 0.195 e. The lowest BCUT2D eigenvalue weighted by molar-refractivity contribution is 0.138. The first-order valence-electron chi connectivity index (χ1n) is 5.90. The zero-order valence-corrected chi connectivity index (χ0v) is 10.9. The number of rotatable bonds is 3. The number of hydrogen-bond donors (Lipinski definition) is 0. The van der Waals surface area contributed by atoms with Gasteiger partial charge < -0.3 is 9.80 Å². The van der Waals surface area contributed by atoms with Crippen LogP contribution in [0.25, 0.3) is 0 Å². The van der Waals surface area contributed by atoms with Gasteiger partial charge >= 0.3 is 0 Å². The molecule has 3 heteroatoms. The summed E-state index contributed by atoms with van der Waals surface area (Å²) >= 11 is 0. The summed E-state index contributed by atoms with van der Waals surface area (Å²) in [5.74, 6) is 1.08. The van der Waals surface area contributed by atoms with Crippen LogP contribution in [0.5, 0.6) is 0 Å². The normalized spacial score (nSPS) is 17.9. The number of nitrogens with zero attached hydrogens (tertiary/aromatic N) is 3. The van der Waals surface area contributed by atoms with Gasteiger partial charge in [0.1, 0.15) is 0 Å². The molecule has 88 valence electrons. The lowest BCUT2D eigenvalue weighted by Gasteiger charge is -2.40. The van der Waals surface area contributed by atoms with E-state index in [4.69, 9.17) is 4.99 Å². The summed E-state index contributed by atoms with van der Waals surface area (Å²) in [6.45, 7) is 3.29. The van der Waals surface area contributed by atoms with E-state index in [0.29, 0.717) is 5.41 Å². The maximum absolute atomic E-state index is 4.76. The van der Waals surface area contributed by atoms with E-state index in [2.05, 4.69) is 44.9 Å². The van der Waals surface area contributed by atoms with Gasteiger partial charge in [-0.3, -0.25) is 4.99 Å². The Kier molecular flexibility index (Phi) is 4.00.